The fourth-order valence-corrected chi connectivity index (χ4v) is 3.65. The van der Waals surface area contributed by atoms with Gasteiger partial charge in [-0.15, -0.1) is 0 Å². The third kappa shape index (κ3) is 3.02. The Hall–Kier alpha value is -0.580. The van der Waals surface area contributed by atoms with Crippen molar-refractivity contribution in [1.29, 1.82) is 0 Å². The summed E-state index contributed by atoms with van der Waals surface area (Å²) in [6.07, 6.45) is 5.80. The van der Waals surface area contributed by atoms with Gasteiger partial charge in [0.1, 0.15) is 5.75 Å². The van der Waals surface area contributed by atoms with Crippen molar-refractivity contribution in [3.05, 3.63) is 27.7 Å². The maximum Gasteiger partial charge on any atom is 0.127 e. The fraction of sp³-hybridized carbons (Fsp3) is 0.625. The van der Waals surface area contributed by atoms with Crippen LogP contribution in [0.2, 0.25) is 0 Å². The number of nitrogens with zero attached hydrogens (tertiary/aromatic N) is 1. The van der Waals surface area contributed by atoms with E-state index in [0.29, 0.717) is 6.04 Å². The van der Waals surface area contributed by atoms with E-state index in [0.717, 1.165) is 42.8 Å². The lowest BCUT2D eigenvalue weighted by Gasteiger charge is -2.37. The molecule has 1 N–H and O–H groups in total. The van der Waals surface area contributed by atoms with Gasteiger partial charge in [0, 0.05) is 42.2 Å². The number of fused-ring (bicyclic) bond motifs is 1. The van der Waals surface area contributed by atoms with Crippen LogP contribution in [0.15, 0.2) is 16.6 Å². The highest BCUT2D eigenvalue weighted by atomic mass is 79.9. The number of benzene rings is 1. The van der Waals surface area contributed by atoms with Crippen molar-refractivity contribution in [2.75, 3.05) is 19.8 Å². The van der Waals surface area contributed by atoms with E-state index >= 15 is 0 Å². The van der Waals surface area contributed by atoms with E-state index in [1.807, 2.05) is 0 Å². The minimum Gasteiger partial charge on any atom is -0.493 e. The Bertz CT molecular complexity index is 474. The molecule has 4 heteroatoms. The molecule has 0 spiro atoms. The first kappa shape index (κ1) is 14.4. The second-order valence-corrected chi connectivity index (χ2v) is 6.70. The number of aliphatic hydroxyl groups is 1. The number of rotatable bonds is 6. The van der Waals surface area contributed by atoms with E-state index in [2.05, 4.69) is 33.0 Å². The molecule has 2 aliphatic rings. The zero-order chi connectivity index (χ0) is 13.9. The highest BCUT2D eigenvalue weighted by Gasteiger charge is 2.26. The average molecular weight is 340 g/mol. The van der Waals surface area contributed by atoms with Gasteiger partial charge < -0.3 is 9.84 Å². The summed E-state index contributed by atoms with van der Waals surface area (Å²) in [4.78, 5) is 2.52. The highest BCUT2D eigenvalue weighted by Crippen LogP contribution is 2.35. The van der Waals surface area contributed by atoms with Gasteiger partial charge in [0.05, 0.1) is 6.61 Å². The summed E-state index contributed by atoms with van der Waals surface area (Å²) in [6, 6.07) is 5.06. The van der Waals surface area contributed by atoms with Crippen LogP contribution in [0, 0.1) is 0 Å². The smallest absolute Gasteiger partial charge is 0.127 e. The molecule has 0 bridgehead atoms. The first-order valence-electron chi connectivity index (χ1n) is 7.57. The molecule has 1 heterocycles. The summed E-state index contributed by atoms with van der Waals surface area (Å²) >= 11 is 3.61. The van der Waals surface area contributed by atoms with Crippen molar-refractivity contribution >= 4 is 15.9 Å². The quantitative estimate of drug-likeness (QED) is 0.864. The van der Waals surface area contributed by atoms with Gasteiger partial charge >= 0.3 is 0 Å². The molecular weight excluding hydrogens is 318 g/mol. The minimum absolute atomic E-state index is 0.274. The van der Waals surface area contributed by atoms with Crippen LogP contribution in [-0.2, 0) is 13.0 Å². The molecule has 0 radical (unpaired) electrons. The molecule has 0 saturated heterocycles. The molecule has 1 aliphatic carbocycles. The molecule has 1 aromatic rings. The van der Waals surface area contributed by atoms with Crippen LogP contribution in [0.3, 0.4) is 0 Å². The third-order valence-corrected chi connectivity index (χ3v) is 4.85. The molecule has 3 nitrogen and oxygen atoms in total. The van der Waals surface area contributed by atoms with E-state index in [1.54, 1.807) is 0 Å². The number of aliphatic hydroxyl groups excluding tert-OH is 1. The SMILES string of the molecule is OCCCN(Cc1cc(Br)cc2c1OCC2)C1CCC1. The van der Waals surface area contributed by atoms with Crippen LogP contribution in [0.5, 0.6) is 5.75 Å². The first-order valence-corrected chi connectivity index (χ1v) is 8.36. The lowest BCUT2D eigenvalue weighted by atomic mass is 9.91. The van der Waals surface area contributed by atoms with Crippen LogP contribution >= 0.6 is 15.9 Å². The second kappa shape index (κ2) is 6.46. The summed E-state index contributed by atoms with van der Waals surface area (Å²) in [5.74, 6) is 1.10. The molecular formula is C16H22BrNO2. The third-order valence-electron chi connectivity index (χ3n) is 4.39. The number of hydrogen-bond acceptors (Lipinski definition) is 3. The maximum absolute atomic E-state index is 9.09. The van der Waals surface area contributed by atoms with Gasteiger partial charge in [0.2, 0.25) is 0 Å². The molecule has 1 saturated carbocycles. The van der Waals surface area contributed by atoms with Crippen molar-refractivity contribution in [3.63, 3.8) is 0 Å². The molecule has 1 aromatic carbocycles. The van der Waals surface area contributed by atoms with Crippen LogP contribution in [0.4, 0.5) is 0 Å². The zero-order valence-corrected chi connectivity index (χ0v) is 13.4. The Labute approximate surface area is 129 Å². The molecule has 1 aliphatic heterocycles. The second-order valence-electron chi connectivity index (χ2n) is 5.78. The number of hydrogen-bond donors (Lipinski definition) is 1. The Balaban J connectivity index is 1.77. The lowest BCUT2D eigenvalue weighted by Crippen LogP contribution is -2.40. The largest absolute Gasteiger partial charge is 0.493 e. The van der Waals surface area contributed by atoms with E-state index < -0.39 is 0 Å². The Morgan fingerprint density at radius 3 is 2.90 bits per heavy atom. The van der Waals surface area contributed by atoms with Gasteiger partial charge in [-0.1, -0.05) is 22.4 Å². The van der Waals surface area contributed by atoms with Gasteiger partial charge in [0.15, 0.2) is 0 Å². The topological polar surface area (TPSA) is 32.7 Å². The monoisotopic (exact) mass is 339 g/mol. The molecule has 1 fully saturated rings. The van der Waals surface area contributed by atoms with Crippen LogP contribution < -0.4 is 4.74 Å². The van der Waals surface area contributed by atoms with Crippen LogP contribution in [0.1, 0.15) is 36.8 Å². The molecule has 0 amide bonds. The average Bonchev–Trinajstić information content (AvgIpc) is 2.81. The van der Waals surface area contributed by atoms with Crippen LogP contribution in [-0.4, -0.2) is 35.8 Å². The first-order chi connectivity index (χ1) is 9.78. The normalized spacial score (nSPS) is 17.9. The molecule has 110 valence electrons. The Kier molecular flexibility index (Phi) is 4.64. The standard InChI is InChI=1S/C16H22BrNO2/c17-14-9-12-5-8-20-16(12)13(10-14)11-18(6-2-7-19)15-3-1-4-15/h9-10,15,19H,1-8,11H2. The predicted molar refractivity (Wildman–Crippen MR) is 83.1 cm³/mol. The van der Waals surface area contributed by atoms with Crippen molar-refractivity contribution in [2.45, 2.75) is 44.7 Å². The van der Waals surface area contributed by atoms with E-state index in [-0.39, 0.29) is 6.61 Å². The van der Waals surface area contributed by atoms with Gasteiger partial charge in [-0.2, -0.15) is 0 Å². The van der Waals surface area contributed by atoms with E-state index in [4.69, 9.17) is 9.84 Å². The number of ether oxygens (including phenoxy) is 1. The van der Waals surface area contributed by atoms with Crippen molar-refractivity contribution in [3.8, 4) is 5.75 Å². The Morgan fingerprint density at radius 1 is 1.35 bits per heavy atom. The van der Waals surface area contributed by atoms with E-state index in [1.165, 1.54) is 30.4 Å². The minimum atomic E-state index is 0.274. The van der Waals surface area contributed by atoms with Crippen molar-refractivity contribution in [1.82, 2.24) is 4.90 Å². The number of halogens is 1. The van der Waals surface area contributed by atoms with Gasteiger partial charge in [-0.25, -0.2) is 0 Å². The lowest BCUT2D eigenvalue weighted by molar-refractivity contribution is 0.108. The Morgan fingerprint density at radius 2 is 2.20 bits per heavy atom. The molecule has 3 rings (SSSR count). The highest BCUT2D eigenvalue weighted by molar-refractivity contribution is 9.10. The van der Waals surface area contributed by atoms with Crippen molar-refractivity contribution < 1.29 is 9.84 Å². The fourth-order valence-electron chi connectivity index (χ4n) is 3.10. The zero-order valence-electron chi connectivity index (χ0n) is 11.8. The molecule has 0 unspecified atom stereocenters. The van der Waals surface area contributed by atoms with Gasteiger partial charge in [-0.05, 0) is 37.0 Å². The maximum atomic E-state index is 9.09. The predicted octanol–water partition coefficient (Wildman–Crippen LogP) is 3.12. The summed E-state index contributed by atoms with van der Waals surface area (Å²) in [5, 5.41) is 9.09. The van der Waals surface area contributed by atoms with Gasteiger partial charge in [-0.3, -0.25) is 4.90 Å². The van der Waals surface area contributed by atoms with Crippen molar-refractivity contribution in [2.24, 2.45) is 0 Å². The van der Waals surface area contributed by atoms with E-state index in [9.17, 15) is 0 Å². The molecule has 0 aromatic heterocycles. The molecule has 0 atom stereocenters. The summed E-state index contributed by atoms with van der Waals surface area (Å²) in [7, 11) is 0. The summed E-state index contributed by atoms with van der Waals surface area (Å²) in [5.41, 5.74) is 2.61. The van der Waals surface area contributed by atoms with Gasteiger partial charge in [0.25, 0.3) is 0 Å². The summed E-state index contributed by atoms with van der Waals surface area (Å²) in [6.45, 7) is 2.99. The van der Waals surface area contributed by atoms with Crippen LogP contribution in [0.25, 0.3) is 0 Å². The summed E-state index contributed by atoms with van der Waals surface area (Å²) < 4.78 is 6.97. The molecule has 20 heavy (non-hydrogen) atoms.